The molecule has 246 valence electrons. The molecule has 4 aromatic rings. The minimum absolute atomic E-state index is 0.0248. The Morgan fingerprint density at radius 3 is 2.66 bits per heavy atom. The summed E-state index contributed by atoms with van der Waals surface area (Å²) in [5.41, 5.74) is 1.46. The second-order valence-corrected chi connectivity index (χ2v) is 10.9. The molecular weight excluding hydrogens is 609 g/mol. The molecule has 2 aliphatic rings. The van der Waals surface area contributed by atoms with Crippen molar-refractivity contribution in [3.05, 3.63) is 83.6 Å². The maximum Gasteiger partial charge on any atom is 0.274 e. The minimum Gasteiger partial charge on any atom is -0.493 e. The van der Waals surface area contributed by atoms with E-state index in [1.54, 1.807) is 54.5 Å². The minimum atomic E-state index is -0.789. The van der Waals surface area contributed by atoms with Crippen LogP contribution in [-0.4, -0.2) is 75.9 Å². The predicted molar refractivity (Wildman–Crippen MR) is 169 cm³/mol. The van der Waals surface area contributed by atoms with Crippen molar-refractivity contribution in [1.82, 2.24) is 35.4 Å². The Bertz CT molecular complexity index is 1740. The lowest BCUT2D eigenvalue weighted by Gasteiger charge is -2.22. The average molecular weight is 646 g/mol. The van der Waals surface area contributed by atoms with Crippen molar-refractivity contribution in [3.8, 4) is 17.2 Å². The first-order chi connectivity index (χ1) is 22.7. The van der Waals surface area contributed by atoms with Gasteiger partial charge in [0.15, 0.2) is 34.4 Å². The Kier molecular flexibility index (Phi) is 10.6. The van der Waals surface area contributed by atoms with Gasteiger partial charge in [-0.2, -0.15) is 5.10 Å². The van der Waals surface area contributed by atoms with Gasteiger partial charge in [-0.3, -0.25) is 19.2 Å². The van der Waals surface area contributed by atoms with Crippen LogP contribution in [-0.2, 0) is 16.1 Å². The molecule has 0 radical (unpaired) electrons. The van der Waals surface area contributed by atoms with E-state index >= 15 is 4.39 Å². The number of methoxy groups -OCH3 is 1. The highest BCUT2D eigenvalue weighted by Crippen LogP contribution is 2.34. The molecule has 47 heavy (non-hydrogen) atoms. The fourth-order valence-electron chi connectivity index (χ4n) is 5.10. The van der Waals surface area contributed by atoms with Crippen molar-refractivity contribution >= 4 is 29.3 Å². The van der Waals surface area contributed by atoms with Crippen LogP contribution in [0.3, 0.4) is 0 Å². The molecule has 0 fully saturated rings. The number of fused-ring (bicyclic) bond motifs is 17. The summed E-state index contributed by atoms with van der Waals surface area (Å²) in [5.74, 6) is -1.82. The smallest absolute Gasteiger partial charge is 0.274 e. The number of amides is 4. The highest BCUT2D eigenvalue weighted by Gasteiger charge is 2.22. The van der Waals surface area contributed by atoms with Crippen LogP contribution in [0.2, 0.25) is 0 Å². The monoisotopic (exact) mass is 645 g/mol. The van der Waals surface area contributed by atoms with Crippen molar-refractivity contribution in [2.75, 3.05) is 26.7 Å². The highest BCUT2D eigenvalue weighted by atomic mass is 19.1. The van der Waals surface area contributed by atoms with Crippen LogP contribution >= 0.6 is 0 Å². The molecule has 0 saturated carbocycles. The topological polar surface area (TPSA) is 156 Å². The number of hydrogen-bond donors (Lipinski definition) is 3. The number of rotatable bonds is 3. The molecule has 2 aliphatic heterocycles. The summed E-state index contributed by atoms with van der Waals surface area (Å²) in [6.45, 7) is 2.55. The summed E-state index contributed by atoms with van der Waals surface area (Å²) in [6.07, 6.45) is 4.45. The van der Waals surface area contributed by atoms with E-state index in [9.17, 15) is 19.2 Å². The third-order valence-corrected chi connectivity index (χ3v) is 7.63. The van der Waals surface area contributed by atoms with E-state index < -0.39 is 23.7 Å². The normalized spacial score (nSPS) is 17.0. The van der Waals surface area contributed by atoms with Crippen molar-refractivity contribution < 1.29 is 33.0 Å². The van der Waals surface area contributed by atoms with Gasteiger partial charge in [0.2, 0.25) is 11.8 Å². The molecule has 4 bridgehead atoms. The van der Waals surface area contributed by atoms with Crippen LogP contribution in [0.15, 0.2) is 60.9 Å². The van der Waals surface area contributed by atoms with Crippen molar-refractivity contribution in [2.45, 2.75) is 45.2 Å². The maximum atomic E-state index is 15.0. The Morgan fingerprint density at radius 1 is 1.06 bits per heavy atom. The lowest BCUT2D eigenvalue weighted by atomic mass is 10.1. The molecule has 3 N–H and O–H groups in total. The molecule has 2 aromatic heterocycles. The first-order valence-corrected chi connectivity index (χ1v) is 15.3. The lowest BCUT2D eigenvalue weighted by Crippen LogP contribution is -2.46. The Morgan fingerprint density at radius 2 is 1.89 bits per heavy atom. The Hall–Kier alpha value is -5.53. The van der Waals surface area contributed by atoms with Crippen LogP contribution < -0.4 is 25.4 Å². The van der Waals surface area contributed by atoms with Crippen LogP contribution in [0.5, 0.6) is 17.2 Å². The van der Waals surface area contributed by atoms with Gasteiger partial charge in [-0.05, 0) is 61.2 Å². The predicted octanol–water partition coefficient (Wildman–Crippen LogP) is 3.24. The van der Waals surface area contributed by atoms with Gasteiger partial charge < -0.3 is 30.3 Å². The highest BCUT2D eigenvalue weighted by molar-refractivity contribution is 5.95. The third kappa shape index (κ3) is 8.20. The summed E-state index contributed by atoms with van der Waals surface area (Å²) in [4.78, 5) is 58.0. The zero-order valence-corrected chi connectivity index (χ0v) is 26.1. The van der Waals surface area contributed by atoms with Crippen LogP contribution in [0, 0.1) is 5.82 Å². The fraction of sp³-hybridized carbons (Fsp3) is 0.333. The molecule has 0 saturated heterocycles. The van der Waals surface area contributed by atoms with E-state index in [1.807, 2.05) is 0 Å². The quantitative estimate of drug-likeness (QED) is 0.307. The van der Waals surface area contributed by atoms with Gasteiger partial charge in [-0.15, -0.1) is 0 Å². The molecule has 0 spiro atoms. The molecule has 4 amide bonds. The third-order valence-electron chi connectivity index (χ3n) is 7.63. The van der Waals surface area contributed by atoms with E-state index in [2.05, 4.69) is 26.0 Å². The van der Waals surface area contributed by atoms with Crippen molar-refractivity contribution in [3.63, 3.8) is 0 Å². The molecular formula is C33H36FN7O6. The standard InChI is InChI=1S/C33H36FN7O6/c1-3-24-32(44)37-20-21-8-10-26(23(34)17-21)47-28-18-22(9-11-27(28)46-2)31(43)36-13-5-15-40(14-4-7-30(42)38-24)33(45)25-19-29-35-12-6-16-41(29)39-25/h6,8-12,16-19,24H,3-5,7,13-15,20H2,1-2H3,(H,36,43)(H,37,44)(H,38,42)/t24-/m0/s1. The number of halogens is 1. The average Bonchev–Trinajstić information content (AvgIpc) is 3.52. The Balaban J connectivity index is 1.37. The van der Waals surface area contributed by atoms with Gasteiger partial charge in [0, 0.05) is 56.6 Å². The number of nitrogens with zero attached hydrogens (tertiary/aromatic N) is 4. The van der Waals surface area contributed by atoms with E-state index in [-0.39, 0.29) is 67.2 Å². The summed E-state index contributed by atoms with van der Waals surface area (Å²) < 4.78 is 27.7. The molecule has 14 heteroatoms. The van der Waals surface area contributed by atoms with E-state index in [0.717, 1.165) is 0 Å². The zero-order valence-electron chi connectivity index (χ0n) is 26.1. The second-order valence-electron chi connectivity index (χ2n) is 10.9. The molecule has 2 aromatic carbocycles. The molecule has 13 nitrogen and oxygen atoms in total. The summed E-state index contributed by atoms with van der Waals surface area (Å²) in [6, 6.07) is 11.3. The number of aromatic nitrogens is 3. The molecule has 0 aliphatic carbocycles. The van der Waals surface area contributed by atoms with Gasteiger partial charge in [0.25, 0.3) is 11.8 Å². The number of nitrogens with one attached hydrogen (secondary N) is 3. The molecule has 4 heterocycles. The van der Waals surface area contributed by atoms with Gasteiger partial charge in [-0.1, -0.05) is 13.0 Å². The largest absolute Gasteiger partial charge is 0.493 e. The van der Waals surface area contributed by atoms with E-state index in [4.69, 9.17) is 9.47 Å². The number of hydrogen-bond acceptors (Lipinski definition) is 8. The van der Waals surface area contributed by atoms with E-state index in [0.29, 0.717) is 36.2 Å². The van der Waals surface area contributed by atoms with Gasteiger partial charge in [-0.25, -0.2) is 13.9 Å². The van der Waals surface area contributed by atoms with E-state index in [1.165, 1.54) is 29.8 Å². The lowest BCUT2D eigenvalue weighted by molar-refractivity contribution is -0.129. The number of benzene rings is 2. The first-order valence-electron chi connectivity index (χ1n) is 15.3. The number of carbonyl (C=O) groups is 4. The number of carbonyl (C=O) groups excluding carboxylic acids is 4. The molecule has 1 atom stereocenters. The second kappa shape index (κ2) is 15.2. The van der Waals surface area contributed by atoms with Crippen LogP contribution in [0.4, 0.5) is 4.39 Å². The summed E-state index contributed by atoms with van der Waals surface area (Å²) in [7, 11) is 1.43. The van der Waals surface area contributed by atoms with Gasteiger partial charge >= 0.3 is 0 Å². The summed E-state index contributed by atoms with van der Waals surface area (Å²) >= 11 is 0. The fourth-order valence-corrected chi connectivity index (χ4v) is 5.10. The van der Waals surface area contributed by atoms with Gasteiger partial charge in [0.1, 0.15) is 6.04 Å². The molecule has 6 rings (SSSR count). The number of ether oxygens (including phenoxy) is 2. The van der Waals surface area contributed by atoms with Crippen LogP contribution in [0.1, 0.15) is 59.0 Å². The SMILES string of the molecule is CC[C@@H]1NC(=O)CCCN(C(=O)c2cc3ncccn3n2)CCCNC(=O)c2ccc(OC)c(c2)Oc2ccc(cc2F)CNC1=O. The van der Waals surface area contributed by atoms with Crippen molar-refractivity contribution in [2.24, 2.45) is 0 Å². The van der Waals surface area contributed by atoms with Gasteiger partial charge in [0.05, 0.1) is 7.11 Å². The van der Waals surface area contributed by atoms with Crippen LogP contribution in [0.25, 0.3) is 5.65 Å². The molecule has 0 unspecified atom stereocenters. The first kappa shape index (κ1) is 32.9. The van der Waals surface area contributed by atoms with Crippen molar-refractivity contribution in [1.29, 1.82) is 0 Å². The Labute approximate surface area is 270 Å². The maximum absolute atomic E-state index is 15.0. The zero-order chi connectivity index (χ0) is 33.3. The summed E-state index contributed by atoms with van der Waals surface area (Å²) in [5, 5.41) is 12.7.